The van der Waals surface area contributed by atoms with Crippen molar-refractivity contribution in [2.45, 2.75) is 13.3 Å². The van der Waals surface area contributed by atoms with E-state index < -0.39 is 5.97 Å². The third kappa shape index (κ3) is 5.12. The Labute approximate surface area is 170 Å². The maximum atomic E-state index is 12.5. The third-order valence-corrected chi connectivity index (χ3v) is 5.07. The van der Waals surface area contributed by atoms with Crippen LogP contribution in [0.3, 0.4) is 0 Å². The highest BCUT2D eigenvalue weighted by molar-refractivity contribution is 6.08. The Morgan fingerprint density at radius 3 is 2.41 bits per heavy atom. The molecular formula is C22H24N4O3. The van der Waals surface area contributed by atoms with Crippen molar-refractivity contribution in [1.82, 2.24) is 4.90 Å². The Kier molecular flexibility index (Phi) is 6.47. The van der Waals surface area contributed by atoms with E-state index in [1.807, 2.05) is 25.1 Å². The lowest BCUT2D eigenvalue weighted by molar-refractivity contribution is 0.0698. The quantitative estimate of drug-likeness (QED) is 0.785. The molecule has 2 aromatic carbocycles. The van der Waals surface area contributed by atoms with Gasteiger partial charge in [-0.1, -0.05) is 17.7 Å². The van der Waals surface area contributed by atoms with Gasteiger partial charge in [0, 0.05) is 50.4 Å². The van der Waals surface area contributed by atoms with Crippen molar-refractivity contribution < 1.29 is 14.7 Å². The zero-order valence-electron chi connectivity index (χ0n) is 16.4. The van der Waals surface area contributed by atoms with Crippen LogP contribution in [-0.2, 0) is 0 Å². The summed E-state index contributed by atoms with van der Waals surface area (Å²) in [5, 5.41) is 21.1. The highest BCUT2D eigenvalue weighted by atomic mass is 16.4. The van der Waals surface area contributed by atoms with E-state index in [0.717, 1.165) is 44.0 Å². The van der Waals surface area contributed by atoms with E-state index in [1.54, 1.807) is 24.3 Å². The monoisotopic (exact) mass is 392 g/mol. The first-order valence-corrected chi connectivity index (χ1v) is 9.57. The number of hydrogen-bond acceptors (Lipinski definition) is 5. The number of piperazine rings is 1. The molecule has 0 saturated carbocycles. The van der Waals surface area contributed by atoms with E-state index in [-0.39, 0.29) is 17.2 Å². The Morgan fingerprint density at radius 2 is 1.79 bits per heavy atom. The molecule has 0 unspecified atom stereocenters. The number of nitriles is 1. The number of anilines is 2. The molecule has 150 valence electrons. The van der Waals surface area contributed by atoms with Gasteiger partial charge in [0.15, 0.2) is 0 Å². The molecule has 1 amide bonds. The Morgan fingerprint density at radius 1 is 1.10 bits per heavy atom. The van der Waals surface area contributed by atoms with Crippen LogP contribution < -0.4 is 10.2 Å². The fourth-order valence-electron chi connectivity index (χ4n) is 3.35. The lowest BCUT2D eigenvalue weighted by Gasteiger charge is -2.36. The average Bonchev–Trinajstić information content (AvgIpc) is 2.73. The summed E-state index contributed by atoms with van der Waals surface area (Å²) in [6.07, 6.45) is 0.512. The summed E-state index contributed by atoms with van der Waals surface area (Å²) in [4.78, 5) is 28.6. The first-order valence-electron chi connectivity index (χ1n) is 9.57. The summed E-state index contributed by atoms with van der Waals surface area (Å²) < 4.78 is 0. The van der Waals surface area contributed by atoms with Crippen LogP contribution in [0.1, 0.15) is 32.7 Å². The van der Waals surface area contributed by atoms with Crippen LogP contribution in [0, 0.1) is 18.3 Å². The van der Waals surface area contributed by atoms with E-state index in [9.17, 15) is 14.7 Å². The van der Waals surface area contributed by atoms with Crippen LogP contribution in [0.15, 0.2) is 42.5 Å². The highest BCUT2D eigenvalue weighted by Gasteiger charge is 2.20. The molecule has 0 radical (unpaired) electrons. The first kappa shape index (κ1) is 20.4. The molecule has 1 aliphatic heterocycles. The lowest BCUT2D eigenvalue weighted by Crippen LogP contribution is -2.46. The van der Waals surface area contributed by atoms with E-state index in [0.29, 0.717) is 12.0 Å². The minimum absolute atomic E-state index is 0.0647. The zero-order chi connectivity index (χ0) is 20.8. The van der Waals surface area contributed by atoms with Gasteiger partial charge >= 0.3 is 5.97 Å². The molecule has 0 bridgehead atoms. The van der Waals surface area contributed by atoms with Gasteiger partial charge in [-0.2, -0.15) is 5.26 Å². The molecule has 0 atom stereocenters. The van der Waals surface area contributed by atoms with E-state index in [2.05, 4.69) is 21.2 Å². The fraction of sp³-hybridized carbons (Fsp3) is 0.318. The Bertz CT molecular complexity index is 926. The van der Waals surface area contributed by atoms with E-state index >= 15 is 0 Å². The number of nitrogens with zero attached hydrogens (tertiary/aromatic N) is 3. The maximum Gasteiger partial charge on any atom is 0.337 e. The molecule has 2 aromatic rings. The summed E-state index contributed by atoms with van der Waals surface area (Å²) in [7, 11) is 0. The van der Waals surface area contributed by atoms with Gasteiger partial charge in [-0.25, -0.2) is 4.79 Å². The molecule has 7 heteroatoms. The van der Waals surface area contributed by atoms with Crippen molar-refractivity contribution >= 4 is 23.3 Å². The number of aromatic carboxylic acids is 1. The minimum Gasteiger partial charge on any atom is -0.478 e. The van der Waals surface area contributed by atoms with Crippen molar-refractivity contribution in [1.29, 1.82) is 5.26 Å². The smallest absolute Gasteiger partial charge is 0.337 e. The van der Waals surface area contributed by atoms with Gasteiger partial charge in [0.1, 0.15) is 0 Å². The second-order valence-electron chi connectivity index (χ2n) is 7.09. The van der Waals surface area contributed by atoms with Crippen molar-refractivity contribution in [2.75, 3.05) is 42.9 Å². The number of rotatable bonds is 6. The standard InChI is InChI=1S/C22H24N4O3/c1-16-3-5-17(6-4-16)21(27)24-20-8-7-18(15-19(20)22(28)29)26-13-11-25(12-14-26)10-2-9-23/h3-8,15H,2,10-14H2,1H3,(H,24,27)(H,28,29). The predicted octanol–water partition coefficient (Wildman–Crippen LogP) is 2.98. The van der Waals surface area contributed by atoms with Crippen LogP contribution in [0.25, 0.3) is 0 Å². The molecule has 1 heterocycles. The number of nitrogens with one attached hydrogen (secondary N) is 1. The number of aryl methyl sites for hydroxylation is 1. The number of carbonyl (C=O) groups is 2. The van der Waals surface area contributed by atoms with Gasteiger partial charge in [-0.05, 0) is 37.3 Å². The second-order valence-corrected chi connectivity index (χ2v) is 7.09. The molecule has 7 nitrogen and oxygen atoms in total. The molecule has 0 aromatic heterocycles. The number of carboxylic acids is 1. The van der Waals surface area contributed by atoms with Gasteiger partial charge in [0.25, 0.3) is 5.91 Å². The van der Waals surface area contributed by atoms with Crippen LogP contribution in [0.5, 0.6) is 0 Å². The van der Waals surface area contributed by atoms with Crippen LogP contribution in [-0.4, -0.2) is 54.6 Å². The van der Waals surface area contributed by atoms with Gasteiger partial charge < -0.3 is 15.3 Å². The van der Waals surface area contributed by atoms with Gasteiger partial charge in [0.2, 0.25) is 0 Å². The SMILES string of the molecule is Cc1ccc(C(=O)Nc2ccc(N3CCN(CCC#N)CC3)cc2C(=O)O)cc1. The summed E-state index contributed by atoms with van der Waals surface area (Å²) >= 11 is 0. The maximum absolute atomic E-state index is 12.5. The number of benzene rings is 2. The van der Waals surface area contributed by atoms with Crippen molar-refractivity contribution in [3.05, 3.63) is 59.2 Å². The number of hydrogen-bond donors (Lipinski definition) is 2. The average molecular weight is 392 g/mol. The topological polar surface area (TPSA) is 96.7 Å². The molecule has 0 spiro atoms. The van der Waals surface area contributed by atoms with Crippen LogP contribution in [0.2, 0.25) is 0 Å². The zero-order valence-corrected chi connectivity index (χ0v) is 16.4. The molecular weight excluding hydrogens is 368 g/mol. The largest absolute Gasteiger partial charge is 0.478 e. The minimum atomic E-state index is -1.08. The molecule has 29 heavy (non-hydrogen) atoms. The summed E-state index contributed by atoms with van der Waals surface area (Å²) in [5.41, 5.74) is 2.68. The third-order valence-electron chi connectivity index (χ3n) is 5.07. The van der Waals surface area contributed by atoms with Crippen LogP contribution >= 0.6 is 0 Å². The lowest BCUT2D eigenvalue weighted by atomic mass is 10.1. The summed E-state index contributed by atoms with van der Waals surface area (Å²) in [5.74, 6) is -1.43. The fourth-order valence-corrected chi connectivity index (χ4v) is 3.35. The Balaban J connectivity index is 1.72. The number of carbonyl (C=O) groups excluding carboxylic acids is 1. The predicted molar refractivity (Wildman–Crippen MR) is 111 cm³/mol. The van der Waals surface area contributed by atoms with Gasteiger partial charge in [-0.15, -0.1) is 0 Å². The number of amides is 1. The molecule has 2 N–H and O–H groups in total. The second kappa shape index (κ2) is 9.22. The molecule has 1 fully saturated rings. The van der Waals surface area contributed by atoms with Crippen molar-refractivity contribution in [2.24, 2.45) is 0 Å². The molecule has 1 aliphatic rings. The van der Waals surface area contributed by atoms with E-state index in [1.165, 1.54) is 0 Å². The van der Waals surface area contributed by atoms with Gasteiger partial charge in [0.05, 0.1) is 17.3 Å². The Hall–Kier alpha value is -3.37. The van der Waals surface area contributed by atoms with Gasteiger partial charge in [-0.3, -0.25) is 9.69 Å². The summed E-state index contributed by atoms with van der Waals surface area (Å²) in [6.45, 7) is 5.88. The molecule has 3 rings (SSSR count). The highest BCUT2D eigenvalue weighted by Crippen LogP contribution is 2.25. The molecule has 0 aliphatic carbocycles. The normalized spacial score (nSPS) is 14.3. The first-order chi connectivity index (χ1) is 14.0. The van der Waals surface area contributed by atoms with E-state index in [4.69, 9.17) is 5.26 Å². The van der Waals surface area contributed by atoms with Crippen LogP contribution in [0.4, 0.5) is 11.4 Å². The van der Waals surface area contributed by atoms with Crippen molar-refractivity contribution in [3.63, 3.8) is 0 Å². The molecule has 1 saturated heterocycles. The number of carboxylic acid groups (broad SMARTS) is 1. The summed E-state index contributed by atoms with van der Waals surface area (Å²) in [6, 6.07) is 14.4. The van der Waals surface area contributed by atoms with Crippen molar-refractivity contribution in [3.8, 4) is 6.07 Å².